The number of H-pyrrole nitrogens is 1. The fraction of sp³-hybridized carbons (Fsp3) is 0.485. The number of hydrogen-bond acceptors (Lipinski definition) is 10. The lowest BCUT2D eigenvalue weighted by atomic mass is 9.94. The summed E-state index contributed by atoms with van der Waals surface area (Å²) < 4.78 is 60.3. The third-order valence-electron chi connectivity index (χ3n) is 10.2. The van der Waals surface area contributed by atoms with Crippen LogP contribution in [0.15, 0.2) is 6.07 Å². The minimum absolute atomic E-state index is 0.0274. The summed E-state index contributed by atoms with van der Waals surface area (Å²) in [6, 6.07) is 3.97. The summed E-state index contributed by atoms with van der Waals surface area (Å²) in [6.07, 6.45) is 3.07. The number of methoxy groups -OCH3 is 1. The number of aromatic nitrogens is 4. The van der Waals surface area contributed by atoms with Crippen molar-refractivity contribution in [1.82, 2.24) is 30.4 Å². The van der Waals surface area contributed by atoms with E-state index >= 15 is 8.78 Å². The van der Waals surface area contributed by atoms with E-state index in [-0.39, 0.29) is 69.5 Å². The molecule has 4 saturated heterocycles. The zero-order chi connectivity index (χ0) is 34.6. The molecule has 0 amide bonds. The van der Waals surface area contributed by atoms with Gasteiger partial charge in [-0.05, 0) is 50.8 Å². The van der Waals surface area contributed by atoms with Gasteiger partial charge >= 0.3 is 6.01 Å². The van der Waals surface area contributed by atoms with Crippen LogP contribution in [0.25, 0.3) is 32.9 Å². The van der Waals surface area contributed by atoms with Gasteiger partial charge in [-0.25, -0.2) is 13.2 Å². The Kier molecular flexibility index (Phi) is 8.66. The third-order valence-corrected chi connectivity index (χ3v) is 10.7. The summed E-state index contributed by atoms with van der Waals surface area (Å²) in [6.45, 7) is 3.88. The number of aryl methyl sites for hydroxylation is 1. The number of hydrogen-bond donors (Lipinski definition) is 3. The van der Waals surface area contributed by atoms with Crippen LogP contribution in [0.2, 0.25) is 5.02 Å². The molecule has 4 atom stereocenters. The molecule has 3 N–H and O–H groups in total. The third kappa shape index (κ3) is 5.46. The Bertz CT molecular complexity index is 1990. The molecule has 2 aromatic heterocycles. The number of nitriles is 1. The van der Waals surface area contributed by atoms with E-state index in [1.165, 1.54) is 7.11 Å². The number of aromatic amines is 1. The molecule has 4 aliphatic rings. The van der Waals surface area contributed by atoms with Crippen LogP contribution < -0.4 is 19.7 Å². The quantitative estimate of drug-likeness (QED) is 0.236. The van der Waals surface area contributed by atoms with Crippen molar-refractivity contribution < 1.29 is 32.5 Å². The van der Waals surface area contributed by atoms with E-state index in [0.717, 1.165) is 32.2 Å². The van der Waals surface area contributed by atoms with Gasteiger partial charge in [0, 0.05) is 49.1 Å². The first-order valence-corrected chi connectivity index (χ1v) is 16.5. The Morgan fingerprint density at radius 2 is 1.92 bits per heavy atom. The van der Waals surface area contributed by atoms with Crippen molar-refractivity contribution >= 4 is 45.7 Å². The van der Waals surface area contributed by atoms with Crippen LogP contribution >= 0.6 is 11.6 Å². The summed E-state index contributed by atoms with van der Waals surface area (Å²) in [4.78, 5) is 21.8. The molecule has 16 heteroatoms. The summed E-state index contributed by atoms with van der Waals surface area (Å²) in [5.41, 5.74) is -0.334. The highest BCUT2D eigenvalue weighted by atomic mass is 35.5. The van der Waals surface area contributed by atoms with Crippen LogP contribution in [0.5, 0.6) is 11.8 Å². The van der Waals surface area contributed by atoms with Gasteiger partial charge in [0.1, 0.15) is 30.2 Å². The van der Waals surface area contributed by atoms with Crippen LogP contribution in [-0.2, 0) is 4.79 Å². The van der Waals surface area contributed by atoms with Gasteiger partial charge in [-0.15, -0.1) is 0 Å². The lowest BCUT2D eigenvalue weighted by Gasteiger charge is -2.35. The molecule has 8 rings (SSSR count). The van der Waals surface area contributed by atoms with Crippen molar-refractivity contribution in [1.29, 1.82) is 5.26 Å². The summed E-state index contributed by atoms with van der Waals surface area (Å²) in [7, 11) is 1.31. The number of ether oxygens (including phenoxy) is 2. The number of benzene rings is 2. The molecule has 49 heavy (non-hydrogen) atoms. The lowest BCUT2D eigenvalue weighted by molar-refractivity contribution is -0.122. The predicted molar refractivity (Wildman–Crippen MR) is 175 cm³/mol. The highest BCUT2D eigenvalue weighted by Crippen LogP contribution is 2.48. The molecule has 2 aromatic carbocycles. The molecule has 12 nitrogen and oxygen atoms in total. The number of nitrogens with zero attached hydrogens (tertiary/aromatic N) is 6. The molecule has 0 saturated carbocycles. The lowest BCUT2D eigenvalue weighted by Crippen LogP contribution is -2.51. The molecule has 4 aliphatic heterocycles. The Labute approximate surface area is 284 Å². The first-order valence-electron chi connectivity index (χ1n) is 16.1. The first kappa shape index (κ1) is 33.1. The van der Waals surface area contributed by atoms with Gasteiger partial charge in [-0.2, -0.15) is 20.3 Å². The normalized spacial score (nSPS) is 24.5. The van der Waals surface area contributed by atoms with Crippen molar-refractivity contribution in [3.63, 3.8) is 0 Å². The molecule has 2 bridgehead atoms. The maximum Gasteiger partial charge on any atom is 0.319 e. The minimum atomic E-state index is -0.997. The van der Waals surface area contributed by atoms with E-state index in [9.17, 15) is 9.65 Å². The van der Waals surface area contributed by atoms with E-state index in [0.29, 0.717) is 43.0 Å². The minimum Gasteiger partial charge on any atom is -0.493 e. The maximum atomic E-state index is 17.1. The molecule has 2 unspecified atom stereocenters. The van der Waals surface area contributed by atoms with Gasteiger partial charge in [0.05, 0.1) is 34.1 Å². The van der Waals surface area contributed by atoms with Gasteiger partial charge < -0.3 is 24.8 Å². The van der Waals surface area contributed by atoms with Gasteiger partial charge in [0.2, 0.25) is 0 Å². The number of nitrogens with one attached hydrogen (secondary N) is 2. The van der Waals surface area contributed by atoms with E-state index < -0.39 is 28.9 Å². The molecule has 4 aromatic rings. The first-order chi connectivity index (χ1) is 23.6. The molecule has 0 radical (unpaired) electrons. The van der Waals surface area contributed by atoms with E-state index in [1.807, 2.05) is 11.0 Å². The van der Waals surface area contributed by atoms with E-state index in [1.54, 1.807) is 13.0 Å². The number of fused-ring (bicyclic) bond motifs is 5. The van der Waals surface area contributed by atoms with Crippen LogP contribution in [0.3, 0.4) is 0 Å². The number of carboxylic acid groups (broad SMARTS) is 1. The van der Waals surface area contributed by atoms with Crippen molar-refractivity contribution in [3.05, 3.63) is 34.0 Å². The number of halogens is 4. The monoisotopic (exact) mass is 698 g/mol. The number of anilines is 1. The van der Waals surface area contributed by atoms with Gasteiger partial charge in [0.15, 0.2) is 23.1 Å². The van der Waals surface area contributed by atoms with Crippen LogP contribution in [-0.4, -0.2) is 100 Å². The standard InChI is InChI=1S/C32H32ClF3N8O2.CH2O2/c1-15-8-19-21(20(10-37)42-41-19)22(25(15)33)23-26(35)28-24(29(45-2)27(23)36)30(43-12-17-4-5-18(13-43)38-17)40-31(39-28)46-14-32-6-3-7-44(32)11-16(34)9-32;2-1-3/h8,16-18,38H,3-7,9,11-14H2,1-2H3,(H,41,42);1H,(H,2,3)/t16-,17?,18?,32+;/m1./s1. The second-order valence-electron chi connectivity index (χ2n) is 13.1. The Morgan fingerprint density at radius 3 is 2.61 bits per heavy atom. The van der Waals surface area contributed by atoms with Crippen molar-refractivity contribution in [2.45, 2.75) is 62.8 Å². The highest BCUT2D eigenvalue weighted by Gasteiger charge is 2.49. The number of alkyl halides is 1. The summed E-state index contributed by atoms with van der Waals surface area (Å²) >= 11 is 6.76. The fourth-order valence-corrected chi connectivity index (χ4v) is 8.42. The second-order valence-corrected chi connectivity index (χ2v) is 13.5. The van der Waals surface area contributed by atoms with Crippen molar-refractivity contribution in [2.75, 3.05) is 44.8 Å². The maximum absolute atomic E-state index is 17.1. The number of rotatable bonds is 6. The van der Waals surface area contributed by atoms with Gasteiger partial charge in [0.25, 0.3) is 6.47 Å². The summed E-state index contributed by atoms with van der Waals surface area (Å²) in [5, 5.41) is 27.4. The predicted octanol–water partition coefficient (Wildman–Crippen LogP) is 4.89. The molecule has 258 valence electrons. The van der Waals surface area contributed by atoms with E-state index in [4.69, 9.17) is 36.0 Å². The number of piperazine rings is 1. The summed E-state index contributed by atoms with van der Waals surface area (Å²) in [5.74, 6) is -1.94. The second kappa shape index (κ2) is 12.8. The molecule has 0 spiro atoms. The fourth-order valence-electron chi connectivity index (χ4n) is 8.17. The highest BCUT2D eigenvalue weighted by molar-refractivity contribution is 6.36. The topological polar surface area (TPSA) is 153 Å². The Hall–Kier alpha value is -4.39. The molecule has 4 fully saturated rings. The van der Waals surface area contributed by atoms with Gasteiger partial charge in [-0.1, -0.05) is 11.6 Å². The Balaban J connectivity index is 0.00000122. The van der Waals surface area contributed by atoms with E-state index in [2.05, 4.69) is 25.4 Å². The molecule has 6 heterocycles. The SMILES string of the molecule is COc1c(F)c(-c2c(Cl)c(C)cc3[nH]nc(C#N)c23)c(F)c2nc(OC[C@@]34CCCN3C[C@H](F)C4)nc(N3CC4CCC(C3)N4)c12.O=CO. The molecular formula is C33H34ClF3N8O4. The average molecular weight is 699 g/mol. The van der Waals surface area contributed by atoms with Crippen LogP contribution in [0, 0.1) is 29.9 Å². The zero-order valence-corrected chi connectivity index (χ0v) is 27.6. The smallest absolute Gasteiger partial charge is 0.319 e. The average Bonchev–Trinajstić information content (AvgIpc) is 3.83. The van der Waals surface area contributed by atoms with Crippen molar-refractivity contribution in [3.8, 4) is 29.0 Å². The Morgan fingerprint density at radius 1 is 1.18 bits per heavy atom. The van der Waals surface area contributed by atoms with Crippen LogP contribution in [0.4, 0.5) is 19.0 Å². The molecule has 0 aliphatic carbocycles. The zero-order valence-electron chi connectivity index (χ0n) is 26.8. The number of carbonyl (C=O) groups is 1. The largest absolute Gasteiger partial charge is 0.493 e. The van der Waals surface area contributed by atoms with Gasteiger partial charge in [-0.3, -0.25) is 14.8 Å². The van der Waals surface area contributed by atoms with Crippen molar-refractivity contribution in [2.24, 2.45) is 0 Å². The molecular weight excluding hydrogens is 665 g/mol. The van der Waals surface area contributed by atoms with Crippen LogP contribution in [0.1, 0.15) is 43.4 Å².